The van der Waals surface area contributed by atoms with Gasteiger partial charge in [-0.3, -0.25) is 0 Å². The Morgan fingerprint density at radius 1 is 1.14 bits per heavy atom. The molecule has 0 aliphatic heterocycles. The van der Waals surface area contributed by atoms with Crippen LogP contribution in [-0.2, 0) is 13.0 Å². The minimum Gasteiger partial charge on any atom is -0.364 e. The van der Waals surface area contributed by atoms with E-state index in [1.54, 1.807) is 6.92 Å². The molecule has 0 radical (unpaired) electrons. The molecule has 0 saturated carbocycles. The number of hydrogen-bond acceptors (Lipinski definition) is 4. The summed E-state index contributed by atoms with van der Waals surface area (Å²) in [6, 6.07) is 10.1. The van der Waals surface area contributed by atoms with E-state index in [0.717, 1.165) is 23.4 Å². The van der Waals surface area contributed by atoms with Crippen LogP contribution in [0.5, 0.6) is 0 Å². The summed E-state index contributed by atoms with van der Waals surface area (Å²) in [7, 11) is 0. The van der Waals surface area contributed by atoms with Crippen molar-refractivity contribution in [3.05, 3.63) is 59.6 Å². The topological polar surface area (TPSA) is 61.7 Å². The van der Waals surface area contributed by atoms with Crippen molar-refractivity contribution < 1.29 is 0 Å². The predicted molar refractivity (Wildman–Crippen MR) is 92.4 cm³/mol. The number of nitrogens with one attached hydrogen (secondary N) is 2. The number of allylic oxidation sites excluding steroid dienone is 1. The van der Waals surface area contributed by atoms with Gasteiger partial charge in [0.25, 0.3) is 0 Å². The van der Waals surface area contributed by atoms with Gasteiger partial charge in [0.05, 0.1) is 17.1 Å². The van der Waals surface area contributed by atoms with Crippen molar-refractivity contribution in [2.75, 3.05) is 5.32 Å². The fourth-order valence-electron chi connectivity index (χ4n) is 2.22. The van der Waals surface area contributed by atoms with Crippen molar-refractivity contribution in [2.45, 2.75) is 33.7 Å². The first-order valence-electron chi connectivity index (χ1n) is 7.43. The Bertz CT molecular complexity index is 690. The standard InChI is InChI=1S/C18H22N4/c1-5-15-16(12(2)3)22-17(13(4)19)18(21-15)20-11-14-9-7-6-8-10-14/h6-10,19H,2,5,11H2,1,3-4H3,(H,20,21). The van der Waals surface area contributed by atoms with E-state index < -0.39 is 0 Å². The average molecular weight is 294 g/mol. The highest BCUT2D eigenvalue weighted by Crippen LogP contribution is 2.20. The second kappa shape index (κ2) is 6.98. The van der Waals surface area contributed by atoms with Crippen molar-refractivity contribution in [2.24, 2.45) is 0 Å². The number of benzene rings is 1. The van der Waals surface area contributed by atoms with E-state index in [-0.39, 0.29) is 0 Å². The monoisotopic (exact) mass is 294 g/mol. The first kappa shape index (κ1) is 15.9. The van der Waals surface area contributed by atoms with Crippen molar-refractivity contribution in [3.63, 3.8) is 0 Å². The van der Waals surface area contributed by atoms with Crippen LogP contribution < -0.4 is 5.32 Å². The van der Waals surface area contributed by atoms with E-state index in [9.17, 15) is 0 Å². The SMILES string of the molecule is C=C(C)c1nc(C(C)=N)c(NCc2ccccc2)nc1CC. The molecule has 0 saturated heterocycles. The lowest BCUT2D eigenvalue weighted by Crippen LogP contribution is -2.13. The summed E-state index contributed by atoms with van der Waals surface area (Å²) in [5.41, 5.74) is 4.74. The fourth-order valence-corrected chi connectivity index (χ4v) is 2.22. The highest BCUT2D eigenvalue weighted by Gasteiger charge is 2.14. The normalized spacial score (nSPS) is 10.3. The quantitative estimate of drug-likeness (QED) is 0.789. The van der Waals surface area contributed by atoms with Crippen molar-refractivity contribution >= 4 is 17.1 Å². The number of anilines is 1. The van der Waals surface area contributed by atoms with Crippen LogP contribution in [0.4, 0.5) is 5.82 Å². The molecule has 0 amide bonds. The van der Waals surface area contributed by atoms with Gasteiger partial charge in [0, 0.05) is 6.54 Å². The minimum atomic E-state index is 0.396. The first-order valence-corrected chi connectivity index (χ1v) is 7.43. The van der Waals surface area contributed by atoms with Crippen LogP contribution in [0.15, 0.2) is 36.9 Å². The molecule has 0 bridgehead atoms. The maximum Gasteiger partial charge on any atom is 0.154 e. The molecule has 0 atom stereocenters. The molecule has 4 heteroatoms. The number of hydrogen-bond donors (Lipinski definition) is 2. The highest BCUT2D eigenvalue weighted by molar-refractivity contribution is 5.99. The smallest absolute Gasteiger partial charge is 0.154 e. The van der Waals surface area contributed by atoms with Gasteiger partial charge in [0.15, 0.2) is 5.82 Å². The van der Waals surface area contributed by atoms with Crippen LogP contribution in [0, 0.1) is 5.41 Å². The molecule has 2 N–H and O–H groups in total. The van der Waals surface area contributed by atoms with Crippen LogP contribution in [0.25, 0.3) is 5.57 Å². The van der Waals surface area contributed by atoms with Crippen LogP contribution in [0.2, 0.25) is 0 Å². The molecule has 22 heavy (non-hydrogen) atoms. The molecule has 0 unspecified atom stereocenters. The summed E-state index contributed by atoms with van der Waals surface area (Å²) in [5.74, 6) is 0.665. The maximum atomic E-state index is 7.95. The van der Waals surface area contributed by atoms with Gasteiger partial charge < -0.3 is 10.7 Å². The zero-order chi connectivity index (χ0) is 16.1. The van der Waals surface area contributed by atoms with Gasteiger partial charge in [0.2, 0.25) is 0 Å². The van der Waals surface area contributed by atoms with E-state index in [4.69, 9.17) is 5.41 Å². The summed E-state index contributed by atoms with van der Waals surface area (Å²) in [5, 5.41) is 11.3. The number of nitrogens with zero attached hydrogens (tertiary/aromatic N) is 2. The third-order valence-corrected chi connectivity index (χ3v) is 3.37. The number of aromatic nitrogens is 2. The minimum absolute atomic E-state index is 0.396. The van der Waals surface area contributed by atoms with Gasteiger partial charge >= 0.3 is 0 Å². The molecule has 1 aromatic carbocycles. The average Bonchev–Trinajstić information content (AvgIpc) is 2.52. The molecule has 2 aromatic rings. The molecular weight excluding hydrogens is 272 g/mol. The van der Waals surface area contributed by atoms with Crippen LogP contribution >= 0.6 is 0 Å². The predicted octanol–water partition coefficient (Wildman–Crippen LogP) is 4.07. The molecule has 1 heterocycles. The summed E-state index contributed by atoms with van der Waals surface area (Å²) in [4.78, 5) is 9.28. The summed E-state index contributed by atoms with van der Waals surface area (Å²) in [6.45, 7) is 10.3. The third kappa shape index (κ3) is 3.58. The maximum absolute atomic E-state index is 7.95. The molecule has 2 rings (SSSR count). The molecule has 1 aromatic heterocycles. The highest BCUT2D eigenvalue weighted by atomic mass is 15.0. The Morgan fingerprint density at radius 2 is 1.82 bits per heavy atom. The Labute approximate surface area is 131 Å². The summed E-state index contributed by atoms with van der Waals surface area (Å²) < 4.78 is 0. The lowest BCUT2D eigenvalue weighted by atomic mass is 10.1. The third-order valence-electron chi connectivity index (χ3n) is 3.37. The second-order valence-corrected chi connectivity index (χ2v) is 5.31. The summed E-state index contributed by atoms with van der Waals surface area (Å²) in [6.07, 6.45) is 0.784. The van der Waals surface area contributed by atoms with Gasteiger partial charge in [-0.1, -0.05) is 43.8 Å². The Balaban J connectivity index is 2.36. The summed E-state index contributed by atoms with van der Waals surface area (Å²) >= 11 is 0. The Morgan fingerprint density at radius 3 is 2.36 bits per heavy atom. The van der Waals surface area contributed by atoms with Gasteiger partial charge in [0.1, 0.15) is 5.69 Å². The van der Waals surface area contributed by atoms with Crippen LogP contribution in [0.1, 0.15) is 43.4 Å². The first-order chi connectivity index (χ1) is 10.5. The second-order valence-electron chi connectivity index (χ2n) is 5.31. The van der Waals surface area contributed by atoms with Crippen molar-refractivity contribution in [1.29, 1.82) is 5.41 Å². The molecular formula is C18H22N4. The van der Waals surface area contributed by atoms with Gasteiger partial charge in [-0.15, -0.1) is 0 Å². The zero-order valence-corrected chi connectivity index (χ0v) is 13.4. The van der Waals surface area contributed by atoms with E-state index in [1.807, 2.05) is 32.0 Å². The molecule has 114 valence electrons. The lowest BCUT2D eigenvalue weighted by molar-refractivity contribution is 0.962. The lowest BCUT2D eigenvalue weighted by Gasteiger charge is -2.14. The van der Waals surface area contributed by atoms with Gasteiger partial charge in [-0.25, -0.2) is 9.97 Å². The fraction of sp³-hybridized carbons (Fsp3) is 0.278. The molecule has 0 aliphatic rings. The van der Waals surface area contributed by atoms with E-state index >= 15 is 0 Å². The molecule has 4 nitrogen and oxygen atoms in total. The largest absolute Gasteiger partial charge is 0.364 e. The molecule has 0 spiro atoms. The van der Waals surface area contributed by atoms with Crippen LogP contribution in [-0.4, -0.2) is 15.7 Å². The van der Waals surface area contributed by atoms with E-state index in [0.29, 0.717) is 23.8 Å². The Hall–Kier alpha value is -2.49. The number of rotatable bonds is 6. The van der Waals surface area contributed by atoms with Gasteiger partial charge in [-0.05, 0) is 31.4 Å². The van der Waals surface area contributed by atoms with Crippen molar-refractivity contribution in [1.82, 2.24) is 9.97 Å². The van der Waals surface area contributed by atoms with E-state index in [2.05, 4.69) is 34.0 Å². The zero-order valence-electron chi connectivity index (χ0n) is 13.4. The van der Waals surface area contributed by atoms with Crippen molar-refractivity contribution in [3.8, 4) is 0 Å². The van der Waals surface area contributed by atoms with Gasteiger partial charge in [-0.2, -0.15) is 0 Å². The molecule has 0 aliphatic carbocycles. The Kier molecular flexibility index (Phi) is 5.04. The molecule has 0 fully saturated rings. The van der Waals surface area contributed by atoms with Crippen LogP contribution in [0.3, 0.4) is 0 Å². The number of aryl methyl sites for hydroxylation is 1. The van der Waals surface area contributed by atoms with E-state index in [1.165, 1.54) is 5.56 Å².